The van der Waals surface area contributed by atoms with Gasteiger partial charge < -0.3 is 11.1 Å². The fraction of sp³-hybridized carbons (Fsp3) is 0.190. The second kappa shape index (κ2) is 7.16. The Morgan fingerprint density at radius 3 is 3.07 bits per heavy atom. The number of hydrogen-bond acceptors (Lipinski definition) is 5. The minimum absolute atomic E-state index is 0.162. The van der Waals surface area contributed by atoms with Crippen LogP contribution < -0.4 is 11.1 Å². The Bertz CT molecular complexity index is 1290. The predicted octanol–water partition coefficient (Wildman–Crippen LogP) is 3.78. The number of fused-ring (bicyclic) bond motifs is 2. The topological polar surface area (TPSA) is 85.3 Å². The molecular weight excluding hydrogens is 425 g/mol. The van der Waals surface area contributed by atoms with Gasteiger partial charge >= 0.3 is 0 Å². The summed E-state index contributed by atoms with van der Waals surface area (Å²) in [5.41, 5.74) is 9.04. The first-order valence-corrected chi connectivity index (χ1v) is 10.6. The number of nitrogens with two attached hydrogens (primary N) is 1. The lowest BCUT2D eigenvalue weighted by Crippen LogP contribution is -2.49. The molecule has 152 valence electrons. The van der Waals surface area contributed by atoms with E-state index in [1.165, 1.54) is 12.1 Å². The van der Waals surface area contributed by atoms with Gasteiger partial charge in [-0.1, -0.05) is 35.1 Å². The van der Waals surface area contributed by atoms with Crippen molar-refractivity contribution in [1.29, 1.82) is 0 Å². The van der Waals surface area contributed by atoms with Crippen LogP contribution in [0.5, 0.6) is 0 Å². The molecule has 9 heteroatoms. The van der Waals surface area contributed by atoms with E-state index >= 15 is 0 Å². The van der Waals surface area contributed by atoms with Crippen molar-refractivity contribution in [1.82, 2.24) is 19.9 Å². The number of pyridine rings is 1. The van der Waals surface area contributed by atoms with Gasteiger partial charge in [0.15, 0.2) is 5.01 Å². The van der Waals surface area contributed by atoms with Gasteiger partial charge in [-0.05, 0) is 48.2 Å². The van der Waals surface area contributed by atoms with Gasteiger partial charge in [-0.3, -0.25) is 4.79 Å². The van der Waals surface area contributed by atoms with E-state index in [0.29, 0.717) is 16.5 Å². The Morgan fingerprint density at radius 1 is 1.37 bits per heavy atom. The molecule has 30 heavy (non-hydrogen) atoms. The predicted molar refractivity (Wildman–Crippen MR) is 114 cm³/mol. The molecule has 3 N–H and O–H groups in total. The van der Waals surface area contributed by atoms with Crippen LogP contribution in [0, 0.1) is 5.82 Å². The lowest BCUT2D eigenvalue weighted by atomic mass is 9.91. The molecule has 0 saturated heterocycles. The maximum atomic E-state index is 13.9. The highest BCUT2D eigenvalue weighted by atomic mass is 35.5. The zero-order valence-electron chi connectivity index (χ0n) is 15.7. The van der Waals surface area contributed by atoms with E-state index in [1.54, 1.807) is 16.8 Å². The maximum Gasteiger partial charge on any atom is 0.281 e. The first-order valence-electron chi connectivity index (χ1n) is 9.41. The van der Waals surface area contributed by atoms with Crippen LogP contribution in [-0.4, -0.2) is 27.0 Å². The molecule has 0 bridgehead atoms. The SMILES string of the molecule is NCC1(NC(=O)c2nc(-c3cnn4ccccc34)c(Cl)s2)CCc2ccc(F)cc21. The summed E-state index contributed by atoms with van der Waals surface area (Å²) >= 11 is 7.53. The van der Waals surface area contributed by atoms with Crippen LogP contribution in [0.2, 0.25) is 4.34 Å². The Kier molecular flexibility index (Phi) is 4.57. The largest absolute Gasteiger partial charge is 0.339 e. The smallest absolute Gasteiger partial charge is 0.281 e. The summed E-state index contributed by atoms with van der Waals surface area (Å²) in [6, 6.07) is 10.3. The molecule has 1 aliphatic carbocycles. The molecule has 1 atom stereocenters. The number of carbonyl (C=O) groups excluding carboxylic acids is 1. The third kappa shape index (κ3) is 2.99. The standard InChI is InChI=1S/C21H17ClFN5OS/c22-18-17(14-10-25-28-8-2-1-3-16(14)28)26-20(30-18)19(29)27-21(11-24)7-6-12-4-5-13(23)9-15(12)21/h1-5,8-10H,6-7,11,24H2,(H,27,29). The molecule has 4 aromatic rings. The molecule has 1 amide bonds. The van der Waals surface area contributed by atoms with Gasteiger partial charge in [-0.2, -0.15) is 5.10 Å². The fourth-order valence-corrected chi connectivity index (χ4v) is 5.11. The zero-order valence-corrected chi connectivity index (χ0v) is 17.3. The molecule has 1 unspecified atom stereocenters. The quantitative estimate of drug-likeness (QED) is 0.504. The second-order valence-electron chi connectivity index (χ2n) is 7.27. The van der Waals surface area contributed by atoms with Crippen LogP contribution in [0.15, 0.2) is 48.8 Å². The average Bonchev–Trinajstić information content (AvgIpc) is 3.44. The molecule has 0 saturated carbocycles. The summed E-state index contributed by atoms with van der Waals surface area (Å²) in [6.07, 6.45) is 4.83. The minimum atomic E-state index is -0.822. The van der Waals surface area contributed by atoms with Gasteiger partial charge in [-0.25, -0.2) is 13.9 Å². The Labute approximate surface area is 180 Å². The number of thiazole rings is 1. The number of aryl methyl sites for hydroxylation is 1. The molecule has 0 radical (unpaired) electrons. The van der Waals surface area contributed by atoms with Crippen molar-refractivity contribution in [2.45, 2.75) is 18.4 Å². The lowest BCUT2D eigenvalue weighted by molar-refractivity contribution is 0.0899. The van der Waals surface area contributed by atoms with Crippen molar-refractivity contribution in [3.8, 4) is 11.3 Å². The monoisotopic (exact) mass is 441 g/mol. The number of hydrogen-bond donors (Lipinski definition) is 2. The van der Waals surface area contributed by atoms with Gasteiger partial charge in [0.1, 0.15) is 15.8 Å². The summed E-state index contributed by atoms with van der Waals surface area (Å²) in [5, 5.41) is 7.53. The lowest BCUT2D eigenvalue weighted by Gasteiger charge is -2.30. The summed E-state index contributed by atoms with van der Waals surface area (Å²) in [5.74, 6) is -0.734. The van der Waals surface area contributed by atoms with E-state index < -0.39 is 5.54 Å². The summed E-state index contributed by atoms with van der Waals surface area (Å²) in [6.45, 7) is 0.162. The number of benzene rings is 1. The summed E-state index contributed by atoms with van der Waals surface area (Å²) in [7, 11) is 0. The number of aromatic nitrogens is 3. The van der Waals surface area contributed by atoms with Crippen LogP contribution in [-0.2, 0) is 12.0 Å². The number of nitrogens with one attached hydrogen (secondary N) is 1. The molecule has 0 aliphatic heterocycles. The first kappa shape index (κ1) is 19.2. The Hall–Kier alpha value is -2.81. The average molecular weight is 442 g/mol. The van der Waals surface area contributed by atoms with Gasteiger partial charge in [0, 0.05) is 18.3 Å². The minimum Gasteiger partial charge on any atom is -0.339 e. The molecule has 1 aliphatic rings. The van der Waals surface area contributed by atoms with Crippen molar-refractivity contribution < 1.29 is 9.18 Å². The molecular formula is C21H17ClFN5OS. The third-order valence-electron chi connectivity index (χ3n) is 5.57. The highest BCUT2D eigenvalue weighted by Gasteiger charge is 2.40. The van der Waals surface area contributed by atoms with Crippen molar-refractivity contribution in [2.75, 3.05) is 6.54 Å². The number of halogens is 2. The zero-order chi connectivity index (χ0) is 20.9. The van der Waals surface area contributed by atoms with Crippen LogP contribution >= 0.6 is 22.9 Å². The third-order valence-corrected chi connectivity index (χ3v) is 6.82. The highest BCUT2D eigenvalue weighted by Crippen LogP contribution is 2.38. The van der Waals surface area contributed by atoms with Crippen molar-refractivity contribution in [3.05, 3.63) is 75.1 Å². The van der Waals surface area contributed by atoms with Gasteiger partial charge in [0.2, 0.25) is 0 Å². The maximum absolute atomic E-state index is 13.9. The summed E-state index contributed by atoms with van der Waals surface area (Å²) in [4.78, 5) is 17.6. The number of amides is 1. The normalized spacial score (nSPS) is 18.0. The Balaban J connectivity index is 1.48. The van der Waals surface area contributed by atoms with Crippen molar-refractivity contribution in [2.24, 2.45) is 5.73 Å². The van der Waals surface area contributed by atoms with E-state index in [0.717, 1.165) is 40.0 Å². The molecule has 1 aromatic carbocycles. The molecule has 5 rings (SSSR count). The van der Waals surface area contributed by atoms with Gasteiger partial charge in [0.05, 0.1) is 17.3 Å². The van der Waals surface area contributed by atoms with E-state index in [-0.39, 0.29) is 23.3 Å². The Morgan fingerprint density at radius 2 is 2.23 bits per heavy atom. The molecule has 3 aromatic heterocycles. The first-order chi connectivity index (χ1) is 14.5. The number of carbonyl (C=O) groups is 1. The number of rotatable bonds is 4. The fourth-order valence-electron chi connectivity index (χ4n) is 4.04. The van der Waals surface area contributed by atoms with Crippen LogP contribution in [0.25, 0.3) is 16.8 Å². The molecule has 0 spiro atoms. The van der Waals surface area contributed by atoms with Crippen LogP contribution in [0.4, 0.5) is 4.39 Å². The van der Waals surface area contributed by atoms with E-state index in [4.69, 9.17) is 17.3 Å². The second-order valence-corrected chi connectivity index (χ2v) is 8.87. The van der Waals surface area contributed by atoms with Crippen LogP contribution in [0.1, 0.15) is 27.3 Å². The number of nitrogens with zero attached hydrogens (tertiary/aromatic N) is 3. The van der Waals surface area contributed by atoms with Gasteiger partial charge in [0.25, 0.3) is 5.91 Å². The van der Waals surface area contributed by atoms with Crippen molar-refractivity contribution in [3.63, 3.8) is 0 Å². The highest BCUT2D eigenvalue weighted by molar-refractivity contribution is 7.18. The summed E-state index contributed by atoms with van der Waals surface area (Å²) < 4.78 is 16.0. The molecule has 6 nitrogen and oxygen atoms in total. The van der Waals surface area contributed by atoms with E-state index in [2.05, 4.69) is 15.4 Å². The van der Waals surface area contributed by atoms with E-state index in [9.17, 15) is 9.18 Å². The van der Waals surface area contributed by atoms with E-state index in [1.807, 2.05) is 24.4 Å². The van der Waals surface area contributed by atoms with Gasteiger partial charge in [-0.15, -0.1) is 0 Å². The molecule has 3 heterocycles. The molecule has 0 fully saturated rings. The van der Waals surface area contributed by atoms with Crippen molar-refractivity contribution >= 4 is 34.4 Å². The van der Waals surface area contributed by atoms with Crippen LogP contribution in [0.3, 0.4) is 0 Å².